The van der Waals surface area contributed by atoms with Crippen LogP contribution in [0.5, 0.6) is 0 Å². The van der Waals surface area contributed by atoms with E-state index in [1.54, 1.807) is 6.20 Å². The summed E-state index contributed by atoms with van der Waals surface area (Å²) in [4.78, 5) is 23.7. The summed E-state index contributed by atoms with van der Waals surface area (Å²) in [5, 5.41) is 6.82. The van der Waals surface area contributed by atoms with Gasteiger partial charge >= 0.3 is 0 Å². The molecule has 0 radical (unpaired) electrons. The minimum Gasteiger partial charge on any atom is -0.439 e. The Morgan fingerprint density at radius 1 is 1.19 bits per heavy atom. The Hall–Kier alpha value is -2.83. The van der Waals surface area contributed by atoms with Gasteiger partial charge in [0.15, 0.2) is 11.7 Å². The minimum absolute atomic E-state index is 0.156. The molecule has 1 amide bonds. The molecule has 1 aromatic carbocycles. The smallest absolute Gasteiger partial charge is 0.225 e. The molecule has 0 aliphatic carbocycles. The molecule has 1 aliphatic heterocycles. The van der Waals surface area contributed by atoms with Crippen LogP contribution in [0.25, 0.3) is 11.3 Å². The molecule has 3 rings (SSSR count). The van der Waals surface area contributed by atoms with E-state index in [-0.39, 0.29) is 5.92 Å². The zero-order valence-corrected chi connectivity index (χ0v) is 19.9. The number of piperidine rings is 1. The fourth-order valence-electron chi connectivity index (χ4n) is 4.04. The van der Waals surface area contributed by atoms with Crippen LogP contribution in [-0.2, 0) is 11.3 Å². The third-order valence-corrected chi connectivity index (χ3v) is 6.09. The van der Waals surface area contributed by atoms with Gasteiger partial charge in [0.1, 0.15) is 6.54 Å². The first-order valence-corrected chi connectivity index (χ1v) is 11.9. The average Bonchev–Trinajstić information content (AvgIpc) is 3.28. The lowest BCUT2D eigenvalue weighted by molar-refractivity contribution is -0.136. The fraction of sp³-hybridized carbons (Fsp3) is 0.560. The van der Waals surface area contributed by atoms with Gasteiger partial charge in [-0.2, -0.15) is 0 Å². The number of aliphatic imine (C=N–C) groups is 1. The van der Waals surface area contributed by atoms with Gasteiger partial charge in [-0.1, -0.05) is 43.7 Å². The molecule has 1 aromatic heterocycles. The monoisotopic (exact) mass is 439 g/mol. The minimum atomic E-state index is 0.156. The van der Waals surface area contributed by atoms with Gasteiger partial charge in [0, 0.05) is 37.2 Å². The summed E-state index contributed by atoms with van der Waals surface area (Å²) >= 11 is 0. The summed E-state index contributed by atoms with van der Waals surface area (Å²) < 4.78 is 5.89. The number of carbonyl (C=O) groups is 1. The van der Waals surface area contributed by atoms with Crippen molar-refractivity contribution in [2.24, 2.45) is 10.9 Å². The number of nitrogens with one attached hydrogen (secondary N) is 2. The van der Waals surface area contributed by atoms with Crippen molar-refractivity contribution in [3.05, 3.63) is 41.9 Å². The van der Waals surface area contributed by atoms with Crippen LogP contribution >= 0.6 is 0 Å². The predicted molar refractivity (Wildman–Crippen MR) is 128 cm³/mol. The highest BCUT2D eigenvalue weighted by atomic mass is 16.4. The summed E-state index contributed by atoms with van der Waals surface area (Å²) in [5.41, 5.74) is 2.23. The van der Waals surface area contributed by atoms with Crippen molar-refractivity contribution < 1.29 is 9.21 Å². The van der Waals surface area contributed by atoms with Crippen LogP contribution in [0.4, 0.5) is 0 Å². The highest BCUT2D eigenvalue weighted by molar-refractivity contribution is 5.80. The van der Waals surface area contributed by atoms with Crippen molar-refractivity contribution >= 4 is 11.9 Å². The van der Waals surface area contributed by atoms with Gasteiger partial charge in [0.2, 0.25) is 11.8 Å². The van der Waals surface area contributed by atoms with E-state index in [9.17, 15) is 4.79 Å². The molecule has 2 N–H and O–H groups in total. The van der Waals surface area contributed by atoms with Gasteiger partial charge in [-0.05, 0) is 39.5 Å². The maximum absolute atomic E-state index is 12.6. The molecule has 174 valence electrons. The Kier molecular flexibility index (Phi) is 8.71. The first kappa shape index (κ1) is 23.8. The lowest BCUT2D eigenvalue weighted by Crippen LogP contribution is -2.50. The van der Waals surface area contributed by atoms with Crippen molar-refractivity contribution in [2.75, 3.05) is 19.6 Å². The topological polar surface area (TPSA) is 82.8 Å². The van der Waals surface area contributed by atoms with Gasteiger partial charge in [-0.15, -0.1) is 0 Å². The van der Waals surface area contributed by atoms with Crippen molar-refractivity contribution in [1.82, 2.24) is 20.5 Å². The van der Waals surface area contributed by atoms with Crippen molar-refractivity contribution in [2.45, 2.75) is 66.0 Å². The lowest BCUT2D eigenvalue weighted by atomic mass is 9.98. The Labute approximate surface area is 191 Å². The maximum atomic E-state index is 12.6. The van der Waals surface area contributed by atoms with E-state index in [0.717, 1.165) is 62.6 Å². The lowest BCUT2D eigenvalue weighted by Gasteiger charge is -2.34. The zero-order chi connectivity index (χ0) is 22.9. The number of likely N-dealkylation sites (tertiary alicyclic amines) is 1. The number of guanidine groups is 1. The Morgan fingerprint density at radius 3 is 2.50 bits per heavy atom. The molecule has 0 unspecified atom stereocenters. The van der Waals surface area contributed by atoms with Crippen LogP contribution in [-0.4, -0.2) is 47.4 Å². The molecule has 2 aromatic rings. The van der Waals surface area contributed by atoms with Gasteiger partial charge in [0.05, 0.1) is 6.20 Å². The van der Waals surface area contributed by atoms with E-state index in [0.29, 0.717) is 24.4 Å². The summed E-state index contributed by atoms with van der Waals surface area (Å²) in [7, 11) is 0. The Bertz CT molecular complexity index is 878. The van der Waals surface area contributed by atoms with E-state index in [1.165, 1.54) is 5.56 Å². The summed E-state index contributed by atoms with van der Waals surface area (Å²) in [5.74, 6) is 2.56. The highest BCUT2D eigenvalue weighted by Crippen LogP contribution is 2.21. The maximum Gasteiger partial charge on any atom is 0.225 e. The number of oxazole rings is 1. The first-order valence-electron chi connectivity index (χ1n) is 11.9. The molecule has 0 saturated carbocycles. The first-order chi connectivity index (χ1) is 15.5. The molecule has 0 atom stereocenters. The molecular weight excluding hydrogens is 402 g/mol. The number of aryl methyl sites for hydroxylation is 1. The fourth-order valence-corrected chi connectivity index (χ4v) is 4.04. The van der Waals surface area contributed by atoms with Crippen LogP contribution in [0, 0.1) is 12.8 Å². The van der Waals surface area contributed by atoms with Gasteiger partial charge in [0.25, 0.3) is 0 Å². The van der Waals surface area contributed by atoms with Crippen LogP contribution in [0.3, 0.4) is 0 Å². The number of hydrogen-bond donors (Lipinski definition) is 2. The van der Waals surface area contributed by atoms with E-state index < -0.39 is 0 Å². The number of carbonyl (C=O) groups excluding carboxylic acids is 1. The second-order valence-electron chi connectivity index (χ2n) is 8.44. The number of amides is 1. The van der Waals surface area contributed by atoms with Crippen molar-refractivity contribution in [3.8, 4) is 11.3 Å². The van der Waals surface area contributed by atoms with E-state index >= 15 is 0 Å². The average molecular weight is 440 g/mol. The Morgan fingerprint density at radius 2 is 1.88 bits per heavy atom. The van der Waals surface area contributed by atoms with Crippen LogP contribution < -0.4 is 10.6 Å². The molecule has 32 heavy (non-hydrogen) atoms. The van der Waals surface area contributed by atoms with Crippen molar-refractivity contribution in [1.29, 1.82) is 0 Å². The second-order valence-corrected chi connectivity index (χ2v) is 8.44. The third kappa shape index (κ3) is 6.34. The molecule has 7 nitrogen and oxygen atoms in total. The second kappa shape index (κ2) is 11.7. The predicted octanol–water partition coefficient (Wildman–Crippen LogP) is 4.13. The molecule has 1 fully saturated rings. The molecule has 7 heteroatoms. The molecule has 2 heterocycles. The number of rotatable bonds is 8. The van der Waals surface area contributed by atoms with Crippen LogP contribution in [0.2, 0.25) is 0 Å². The number of hydrogen-bond acceptors (Lipinski definition) is 4. The number of benzene rings is 1. The van der Waals surface area contributed by atoms with E-state index in [2.05, 4.69) is 60.4 Å². The molecule has 0 bridgehead atoms. The molecule has 1 aliphatic rings. The van der Waals surface area contributed by atoms with E-state index in [4.69, 9.17) is 4.42 Å². The van der Waals surface area contributed by atoms with Crippen LogP contribution in [0.1, 0.15) is 57.9 Å². The zero-order valence-electron chi connectivity index (χ0n) is 19.9. The quantitative estimate of drug-likeness (QED) is 0.477. The Balaban J connectivity index is 1.55. The largest absolute Gasteiger partial charge is 0.439 e. The molecular formula is C25H37N5O2. The normalized spacial score (nSPS) is 15.3. The van der Waals surface area contributed by atoms with E-state index in [1.807, 2.05) is 17.0 Å². The number of aromatic nitrogens is 1. The summed E-state index contributed by atoms with van der Waals surface area (Å²) in [6.07, 6.45) is 5.43. The van der Waals surface area contributed by atoms with Crippen molar-refractivity contribution in [3.63, 3.8) is 0 Å². The SMILES string of the molecule is CCNC(=NCc1ncc(-c2ccc(C)cc2)o1)NC1CCN(C(=O)C(CC)CC)CC1. The number of nitrogens with zero attached hydrogens (tertiary/aromatic N) is 3. The van der Waals surface area contributed by atoms with Crippen LogP contribution in [0.15, 0.2) is 39.9 Å². The van der Waals surface area contributed by atoms with Gasteiger partial charge in [-0.3, -0.25) is 4.79 Å². The highest BCUT2D eigenvalue weighted by Gasteiger charge is 2.26. The standard InChI is InChI=1S/C25H37N5O2/c1-5-19(6-2)24(31)30-14-12-21(13-15-30)29-25(26-7-3)28-17-23-27-16-22(32-23)20-10-8-18(4)9-11-20/h8-11,16,19,21H,5-7,12-15,17H2,1-4H3,(H2,26,28,29). The third-order valence-electron chi connectivity index (χ3n) is 6.09. The van der Waals surface area contributed by atoms with Gasteiger partial charge < -0.3 is 20.0 Å². The molecule has 0 spiro atoms. The summed E-state index contributed by atoms with van der Waals surface area (Å²) in [6, 6.07) is 8.49. The summed E-state index contributed by atoms with van der Waals surface area (Å²) in [6.45, 7) is 11.0. The molecule has 1 saturated heterocycles. The van der Waals surface area contributed by atoms with Gasteiger partial charge in [-0.25, -0.2) is 9.98 Å².